The highest BCUT2D eigenvalue weighted by Gasteiger charge is 2.08. The van der Waals surface area contributed by atoms with Crippen molar-refractivity contribution in [1.29, 1.82) is 0 Å². The van der Waals surface area contributed by atoms with E-state index >= 15 is 0 Å². The van der Waals surface area contributed by atoms with Gasteiger partial charge in [0.15, 0.2) is 0 Å². The maximum Gasteiger partial charge on any atom is 0.0317 e. The smallest absolute Gasteiger partial charge is 0.0317 e. The fourth-order valence-electron chi connectivity index (χ4n) is 2.62. The third-order valence-corrected chi connectivity index (χ3v) is 3.94. The quantitative estimate of drug-likeness (QED) is 0.777. The van der Waals surface area contributed by atoms with E-state index in [9.17, 15) is 0 Å². The van der Waals surface area contributed by atoms with Crippen LogP contribution in [0.3, 0.4) is 0 Å². The van der Waals surface area contributed by atoms with E-state index in [-0.39, 0.29) is 0 Å². The van der Waals surface area contributed by atoms with Gasteiger partial charge in [0.1, 0.15) is 0 Å². The van der Waals surface area contributed by atoms with Gasteiger partial charge in [0.25, 0.3) is 0 Å². The Hall–Kier alpha value is -1.60. The Bertz CT molecular complexity index is 487. The van der Waals surface area contributed by atoms with Crippen LogP contribution in [-0.2, 0) is 12.8 Å². The van der Waals surface area contributed by atoms with Crippen LogP contribution in [0.15, 0.2) is 54.6 Å². The SMILES string of the molecule is CCc1ccc(C(CCCc2ccccc2)NC)cc1. The lowest BCUT2D eigenvalue weighted by atomic mass is 9.98. The van der Waals surface area contributed by atoms with Crippen molar-refractivity contribution in [2.24, 2.45) is 0 Å². The van der Waals surface area contributed by atoms with Crippen molar-refractivity contribution in [2.45, 2.75) is 38.6 Å². The molecular weight excluding hydrogens is 242 g/mol. The molecule has 0 saturated heterocycles. The first-order chi connectivity index (χ1) is 9.83. The largest absolute Gasteiger partial charge is 0.313 e. The van der Waals surface area contributed by atoms with Crippen LogP contribution in [-0.4, -0.2) is 7.05 Å². The molecule has 1 N–H and O–H groups in total. The standard InChI is InChI=1S/C19H25N/c1-3-16-12-14-18(15-13-16)19(20-2)11-7-10-17-8-5-4-6-9-17/h4-6,8-9,12-15,19-20H,3,7,10-11H2,1-2H3. The predicted molar refractivity (Wildman–Crippen MR) is 87.0 cm³/mol. The van der Waals surface area contributed by atoms with E-state index in [4.69, 9.17) is 0 Å². The maximum absolute atomic E-state index is 3.44. The van der Waals surface area contributed by atoms with E-state index in [1.54, 1.807) is 0 Å². The topological polar surface area (TPSA) is 12.0 Å². The second kappa shape index (κ2) is 7.86. The Morgan fingerprint density at radius 3 is 2.20 bits per heavy atom. The average molecular weight is 267 g/mol. The molecule has 0 saturated carbocycles. The third-order valence-electron chi connectivity index (χ3n) is 3.94. The number of aryl methyl sites for hydroxylation is 2. The summed E-state index contributed by atoms with van der Waals surface area (Å²) < 4.78 is 0. The van der Waals surface area contributed by atoms with Gasteiger partial charge in [-0.3, -0.25) is 0 Å². The highest BCUT2D eigenvalue weighted by Crippen LogP contribution is 2.20. The molecule has 0 spiro atoms. The molecule has 1 unspecified atom stereocenters. The minimum absolute atomic E-state index is 0.463. The van der Waals surface area contributed by atoms with Crippen molar-refractivity contribution in [3.8, 4) is 0 Å². The van der Waals surface area contributed by atoms with Gasteiger partial charge in [-0.05, 0) is 49.4 Å². The van der Waals surface area contributed by atoms with E-state index in [1.807, 2.05) is 0 Å². The fraction of sp³-hybridized carbons (Fsp3) is 0.368. The molecule has 2 aromatic rings. The van der Waals surface area contributed by atoms with E-state index in [2.05, 4.69) is 73.9 Å². The van der Waals surface area contributed by atoms with Gasteiger partial charge in [-0.25, -0.2) is 0 Å². The normalized spacial score (nSPS) is 12.3. The highest BCUT2D eigenvalue weighted by molar-refractivity contribution is 5.25. The van der Waals surface area contributed by atoms with Crippen LogP contribution in [0.4, 0.5) is 0 Å². The third kappa shape index (κ3) is 4.21. The average Bonchev–Trinajstić information content (AvgIpc) is 2.53. The molecule has 0 heterocycles. The maximum atomic E-state index is 3.44. The van der Waals surface area contributed by atoms with Crippen LogP contribution < -0.4 is 5.32 Å². The molecule has 1 heteroatoms. The summed E-state index contributed by atoms with van der Waals surface area (Å²) in [5, 5.41) is 3.44. The number of hydrogen-bond acceptors (Lipinski definition) is 1. The Morgan fingerprint density at radius 1 is 0.900 bits per heavy atom. The molecule has 1 nitrogen and oxygen atoms in total. The van der Waals surface area contributed by atoms with Gasteiger partial charge in [-0.1, -0.05) is 61.5 Å². The first-order valence-electron chi connectivity index (χ1n) is 7.63. The van der Waals surface area contributed by atoms with Crippen molar-refractivity contribution in [3.63, 3.8) is 0 Å². The van der Waals surface area contributed by atoms with Crippen LogP contribution in [0, 0.1) is 0 Å². The van der Waals surface area contributed by atoms with Gasteiger partial charge >= 0.3 is 0 Å². The number of nitrogens with one attached hydrogen (secondary N) is 1. The summed E-state index contributed by atoms with van der Waals surface area (Å²) in [6.45, 7) is 2.20. The van der Waals surface area contributed by atoms with Crippen molar-refractivity contribution in [2.75, 3.05) is 7.05 Å². The molecule has 0 aromatic heterocycles. The van der Waals surface area contributed by atoms with Crippen molar-refractivity contribution < 1.29 is 0 Å². The first-order valence-corrected chi connectivity index (χ1v) is 7.63. The van der Waals surface area contributed by atoms with E-state index in [0.717, 1.165) is 12.8 Å². The summed E-state index contributed by atoms with van der Waals surface area (Å²) in [5.41, 5.74) is 4.24. The molecule has 0 amide bonds. The van der Waals surface area contributed by atoms with E-state index in [0.29, 0.717) is 6.04 Å². The van der Waals surface area contributed by atoms with Gasteiger partial charge < -0.3 is 5.32 Å². The molecule has 20 heavy (non-hydrogen) atoms. The van der Waals surface area contributed by atoms with E-state index < -0.39 is 0 Å². The van der Waals surface area contributed by atoms with E-state index in [1.165, 1.54) is 29.5 Å². The molecule has 0 aliphatic carbocycles. The molecule has 106 valence electrons. The fourth-order valence-corrected chi connectivity index (χ4v) is 2.62. The summed E-state index contributed by atoms with van der Waals surface area (Å²) in [7, 11) is 2.06. The number of hydrogen-bond donors (Lipinski definition) is 1. The van der Waals surface area contributed by atoms with Crippen LogP contribution in [0.5, 0.6) is 0 Å². The zero-order valence-corrected chi connectivity index (χ0v) is 12.6. The number of rotatable bonds is 7. The molecular formula is C19H25N. The van der Waals surface area contributed by atoms with Crippen LogP contribution in [0.2, 0.25) is 0 Å². The van der Waals surface area contributed by atoms with Gasteiger partial charge in [-0.2, -0.15) is 0 Å². The number of benzene rings is 2. The van der Waals surface area contributed by atoms with Crippen LogP contribution in [0.25, 0.3) is 0 Å². The highest BCUT2D eigenvalue weighted by atomic mass is 14.9. The minimum Gasteiger partial charge on any atom is -0.313 e. The molecule has 0 bridgehead atoms. The molecule has 2 rings (SSSR count). The molecule has 1 atom stereocenters. The summed E-state index contributed by atoms with van der Waals surface area (Å²) in [4.78, 5) is 0. The summed E-state index contributed by atoms with van der Waals surface area (Å²) >= 11 is 0. The minimum atomic E-state index is 0.463. The summed E-state index contributed by atoms with van der Waals surface area (Å²) in [6, 6.07) is 20.2. The Kier molecular flexibility index (Phi) is 5.82. The Morgan fingerprint density at radius 2 is 1.60 bits per heavy atom. The van der Waals surface area contributed by atoms with Crippen molar-refractivity contribution in [1.82, 2.24) is 5.32 Å². The van der Waals surface area contributed by atoms with Crippen LogP contribution in [0.1, 0.15) is 42.5 Å². The zero-order chi connectivity index (χ0) is 14.2. The van der Waals surface area contributed by atoms with Gasteiger partial charge in [0.2, 0.25) is 0 Å². The van der Waals surface area contributed by atoms with Gasteiger partial charge in [-0.15, -0.1) is 0 Å². The molecule has 0 aliphatic heterocycles. The summed E-state index contributed by atoms with van der Waals surface area (Å²) in [6.07, 6.45) is 4.66. The van der Waals surface area contributed by atoms with Crippen LogP contribution >= 0.6 is 0 Å². The van der Waals surface area contributed by atoms with Gasteiger partial charge in [0.05, 0.1) is 0 Å². The van der Waals surface area contributed by atoms with Crippen molar-refractivity contribution in [3.05, 3.63) is 71.3 Å². The zero-order valence-electron chi connectivity index (χ0n) is 12.6. The predicted octanol–water partition coefficient (Wildman–Crippen LogP) is 4.53. The van der Waals surface area contributed by atoms with Crippen molar-refractivity contribution >= 4 is 0 Å². The second-order valence-corrected chi connectivity index (χ2v) is 5.31. The Labute approximate surface area is 123 Å². The lowest BCUT2D eigenvalue weighted by Crippen LogP contribution is -2.16. The molecule has 0 fully saturated rings. The molecule has 2 aromatic carbocycles. The Balaban J connectivity index is 1.88. The second-order valence-electron chi connectivity index (χ2n) is 5.31. The monoisotopic (exact) mass is 267 g/mol. The lowest BCUT2D eigenvalue weighted by Gasteiger charge is -2.17. The van der Waals surface area contributed by atoms with Gasteiger partial charge in [0, 0.05) is 6.04 Å². The molecule has 0 aliphatic rings. The summed E-state index contributed by atoms with van der Waals surface area (Å²) in [5.74, 6) is 0. The lowest BCUT2D eigenvalue weighted by molar-refractivity contribution is 0.527. The first kappa shape index (κ1) is 14.8. The molecule has 0 radical (unpaired) electrons.